The van der Waals surface area contributed by atoms with E-state index in [-0.39, 0.29) is 11.6 Å². The molecule has 0 spiro atoms. The van der Waals surface area contributed by atoms with E-state index in [0.717, 1.165) is 26.0 Å². The maximum atomic E-state index is 6.07. The Bertz CT molecular complexity index is 325. The zero-order valence-electron chi connectivity index (χ0n) is 11.6. The number of nitrogens with two attached hydrogens (primary N) is 1. The Morgan fingerprint density at radius 3 is 2.71 bits per heavy atom. The van der Waals surface area contributed by atoms with Crippen LogP contribution in [0.15, 0.2) is 18.5 Å². The van der Waals surface area contributed by atoms with E-state index in [4.69, 9.17) is 10.5 Å². The first-order valence-electron chi connectivity index (χ1n) is 6.47. The fourth-order valence-corrected chi connectivity index (χ4v) is 1.75. The molecular weight excluding hydrogens is 212 g/mol. The zero-order valence-corrected chi connectivity index (χ0v) is 11.6. The van der Waals surface area contributed by atoms with Crippen molar-refractivity contribution in [3.05, 3.63) is 24.0 Å². The number of rotatable bonds is 6. The molecule has 3 nitrogen and oxygen atoms in total. The van der Waals surface area contributed by atoms with E-state index < -0.39 is 0 Å². The van der Waals surface area contributed by atoms with Crippen LogP contribution in [0.4, 0.5) is 0 Å². The molecule has 0 bridgehead atoms. The highest BCUT2D eigenvalue weighted by molar-refractivity contribution is 5.14. The second-order valence-corrected chi connectivity index (χ2v) is 5.54. The summed E-state index contributed by atoms with van der Waals surface area (Å²) in [6, 6.07) is 2.28. The molecule has 0 fully saturated rings. The van der Waals surface area contributed by atoms with Gasteiger partial charge in [0.05, 0.1) is 12.2 Å². The van der Waals surface area contributed by atoms with Crippen LogP contribution >= 0.6 is 0 Å². The van der Waals surface area contributed by atoms with Crippen LogP contribution in [-0.2, 0) is 11.3 Å². The highest BCUT2D eigenvalue weighted by atomic mass is 16.5. The molecule has 1 atom stereocenters. The van der Waals surface area contributed by atoms with Crippen molar-refractivity contribution in [1.29, 1.82) is 0 Å². The van der Waals surface area contributed by atoms with Crippen LogP contribution in [0.3, 0.4) is 0 Å². The van der Waals surface area contributed by atoms with E-state index in [1.807, 2.05) is 0 Å². The molecule has 0 aliphatic carbocycles. The van der Waals surface area contributed by atoms with Gasteiger partial charge in [0, 0.05) is 25.0 Å². The van der Waals surface area contributed by atoms with Gasteiger partial charge in [-0.25, -0.2) is 0 Å². The van der Waals surface area contributed by atoms with Gasteiger partial charge in [0.2, 0.25) is 0 Å². The van der Waals surface area contributed by atoms with Gasteiger partial charge in [-0.15, -0.1) is 0 Å². The molecule has 0 saturated heterocycles. The molecule has 0 radical (unpaired) electrons. The summed E-state index contributed by atoms with van der Waals surface area (Å²) in [6.45, 7) is 10.0. The first-order valence-corrected chi connectivity index (χ1v) is 6.47. The van der Waals surface area contributed by atoms with Crippen LogP contribution in [0.25, 0.3) is 0 Å². The van der Waals surface area contributed by atoms with Crippen molar-refractivity contribution in [3.63, 3.8) is 0 Å². The topological polar surface area (TPSA) is 40.2 Å². The zero-order chi connectivity index (χ0) is 12.9. The highest BCUT2D eigenvalue weighted by Crippen LogP contribution is 2.16. The van der Waals surface area contributed by atoms with E-state index in [1.54, 1.807) is 0 Å². The lowest BCUT2D eigenvalue weighted by molar-refractivity contribution is -0.00680. The number of nitrogens with zero attached hydrogens (tertiary/aromatic N) is 1. The van der Waals surface area contributed by atoms with Gasteiger partial charge in [-0.2, -0.15) is 0 Å². The van der Waals surface area contributed by atoms with Gasteiger partial charge < -0.3 is 15.0 Å². The summed E-state index contributed by atoms with van der Waals surface area (Å²) in [5.74, 6) is 0. The summed E-state index contributed by atoms with van der Waals surface area (Å²) in [7, 11) is 0. The molecule has 17 heavy (non-hydrogen) atoms. The Morgan fingerprint density at radius 1 is 1.41 bits per heavy atom. The van der Waals surface area contributed by atoms with Crippen molar-refractivity contribution in [2.24, 2.45) is 5.73 Å². The van der Waals surface area contributed by atoms with Gasteiger partial charge in [0.1, 0.15) is 0 Å². The molecular formula is C14H26N2O. The van der Waals surface area contributed by atoms with Gasteiger partial charge in [-0.1, -0.05) is 13.3 Å². The van der Waals surface area contributed by atoms with Crippen molar-refractivity contribution in [3.8, 4) is 0 Å². The fourth-order valence-electron chi connectivity index (χ4n) is 1.75. The lowest BCUT2D eigenvalue weighted by Gasteiger charge is -2.19. The molecule has 0 aromatic carbocycles. The molecule has 2 N–H and O–H groups in total. The summed E-state index contributed by atoms with van der Waals surface area (Å²) in [5.41, 5.74) is 7.24. The van der Waals surface area contributed by atoms with Crippen LogP contribution < -0.4 is 5.73 Å². The minimum atomic E-state index is -0.0609. The van der Waals surface area contributed by atoms with Crippen molar-refractivity contribution in [2.45, 2.75) is 58.7 Å². The van der Waals surface area contributed by atoms with Crippen LogP contribution in [0.5, 0.6) is 0 Å². The largest absolute Gasteiger partial charge is 0.374 e. The van der Waals surface area contributed by atoms with Crippen molar-refractivity contribution < 1.29 is 4.74 Å². The SMILES string of the molecule is CCCC(N)c1ccn(CCOC(C)(C)C)c1. The van der Waals surface area contributed by atoms with Gasteiger partial charge in [-0.3, -0.25) is 0 Å². The summed E-state index contributed by atoms with van der Waals surface area (Å²) in [4.78, 5) is 0. The highest BCUT2D eigenvalue weighted by Gasteiger charge is 2.10. The molecule has 0 amide bonds. The molecule has 1 aromatic rings. The van der Waals surface area contributed by atoms with Crippen LogP contribution in [0.1, 0.15) is 52.1 Å². The Balaban J connectivity index is 2.40. The molecule has 1 heterocycles. The second-order valence-electron chi connectivity index (χ2n) is 5.54. The third kappa shape index (κ3) is 5.37. The average molecular weight is 238 g/mol. The molecule has 3 heteroatoms. The van der Waals surface area contributed by atoms with E-state index in [9.17, 15) is 0 Å². The standard InChI is InChI=1S/C14H26N2O/c1-5-6-13(15)12-7-8-16(11-12)9-10-17-14(2,3)4/h7-8,11,13H,5-6,9-10,15H2,1-4H3. The third-order valence-corrected chi connectivity index (χ3v) is 2.69. The minimum Gasteiger partial charge on any atom is -0.374 e. The van der Waals surface area contributed by atoms with E-state index >= 15 is 0 Å². The van der Waals surface area contributed by atoms with E-state index in [2.05, 4.69) is 50.7 Å². The monoisotopic (exact) mass is 238 g/mol. The van der Waals surface area contributed by atoms with Crippen molar-refractivity contribution in [1.82, 2.24) is 4.57 Å². The predicted molar refractivity (Wildman–Crippen MR) is 72.0 cm³/mol. The van der Waals surface area contributed by atoms with Gasteiger partial charge in [0.15, 0.2) is 0 Å². The van der Waals surface area contributed by atoms with E-state index in [1.165, 1.54) is 5.56 Å². The summed E-state index contributed by atoms with van der Waals surface area (Å²) < 4.78 is 7.85. The first kappa shape index (κ1) is 14.3. The fraction of sp³-hybridized carbons (Fsp3) is 0.714. The summed E-state index contributed by atoms with van der Waals surface area (Å²) in [6.07, 6.45) is 6.38. The summed E-state index contributed by atoms with van der Waals surface area (Å²) in [5, 5.41) is 0. The third-order valence-electron chi connectivity index (χ3n) is 2.69. The number of hydrogen-bond donors (Lipinski definition) is 1. The van der Waals surface area contributed by atoms with Gasteiger partial charge in [-0.05, 0) is 38.8 Å². The number of ether oxygens (including phenoxy) is 1. The van der Waals surface area contributed by atoms with E-state index in [0.29, 0.717) is 0 Å². The summed E-state index contributed by atoms with van der Waals surface area (Å²) >= 11 is 0. The second kappa shape index (κ2) is 6.22. The number of hydrogen-bond acceptors (Lipinski definition) is 2. The smallest absolute Gasteiger partial charge is 0.0652 e. The molecule has 98 valence electrons. The Labute approximate surface area is 105 Å². The molecule has 0 aliphatic heterocycles. The Hall–Kier alpha value is -0.800. The quantitative estimate of drug-likeness (QED) is 0.827. The maximum absolute atomic E-state index is 6.07. The van der Waals surface area contributed by atoms with Crippen molar-refractivity contribution >= 4 is 0 Å². The number of aromatic nitrogens is 1. The molecule has 1 unspecified atom stereocenters. The Kier molecular flexibility index (Phi) is 5.22. The normalized spacial score (nSPS) is 13.9. The maximum Gasteiger partial charge on any atom is 0.0652 e. The average Bonchev–Trinajstić information content (AvgIpc) is 2.65. The molecule has 1 aromatic heterocycles. The van der Waals surface area contributed by atoms with Gasteiger partial charge >= 0.3 is 0 Å². The predicted octanol–water partition coefficient (Wildman–Crippen LogP) is 3.10. The lowest BCUT2D eigenvalue weighted by Crippen LogP contribution is -2.21. The van der Waals surface area contributed by atoms with Crippen LogP contribution in [0, 0.1) is 0 Å². The van der Waals surface area contributed by atoms with Crippen molar-refractivity contribution in [2.75, 3.05) is 6.61 Å². The van der Waals surface area contributed by atoms with Gasteiger partial charge in [0.25, 0.3) is 0 Å². The molecule has 1 rings (SSSR count). The molecule has 0 aliphatic rings. The van der Waals surface area contributed by atoms with Crippen LogP contribution in [-0.4, -0.2) is 16.8 Å². The Morgan fingerprint density at radius 2 is 2.12 bits per heavy atom. The lowest BCUT2D eigenvalue weighted by atomic mass is 10.1. The first-order chi connectivity index (χ1) is 7.92. The molecule has 0 saturated carbocycles. The van der Waals surface area contributed by atoms with Crippen LogP contribution in [0.2, 0.25) is 0 Å². The minimum absolute atomic E-state index is 0.0609.